The van der Waals surface area contributed by atoms with Gasteiger partial charge in [0, 0.05) is 18.0 Å². The summed E-state index contributed by atoms with van der Waals surface area (Å²) in [5.41, 5.74) is 0.866. The summed E-state index contributed by atoms with van der Waals surface area (Å²) in [6.07, 6.45) is 2.20. The molecule has 0 amide bonds. The molecule has 1 heterocycles. The smallest absolute Gasteiger partial charge is 0.167 e. The molecule has 0 saturated carbocycles. The van der Waals surface area contributed by atoms with Gasteiger partial charge in [0.25, 0.3) is 0 Å². The molecule has 0 bridgehead atoms. The molecule has 1 aromatic rings. The van der Waals surface area contributed by atoms with Crippen LogP contribution in [0.4, 0.5) is 0 Å². The molecule has 1 unspecified atom stereocenters. The lowest BCUT2D eigenvalue weighted by Gasteiger charge is -2.30. The molecular formula is C14H19NO. The largest absolute Gasteiger partial charge is 0.303 e. The zero-order chi connectivity index (χ0) is 11.4. The van der Waals surface area contributed by atoms with Gasteiger partial charge in [-0.1, -0.05) is 37.3 Å². The van der Waals surface area contributed by atoms with Crippen LogP contribution in [0, 0.1) is 5.92 Å². The first-order chi connectivity index (χ1) is 7.81. The standard InChI is InChI=1S/C14H19NO/c1-2-15-10-6-9-13(11-15)14(16)12-7-4-3-5-8-12/h3-5,7-8,13H,2,6,9-11H2,1H3. The van der Waals surface area contributed by atoms with Gasteiger partial charge >= 0.3 is 0 Å². The maximum absolute atomic E-state index is 12.2. The molecule has 0 radical (unpaired) electrons. The van der Waals surface area contributed by atoms with Gasteiger partial charge in [-0.05, 0) is 25.9 Å². The molecule has 1 fully saturated rings. The lowest BCUT2D eigenvalue weighted by Crippen LogP contribution is -2.38. The van der Waals surface area contributed by atoms with E-state index in [1.54, 1.807) is 0 Å². The molecule has 2 heteroatoms. The van der Waals surface area contributed by atoms with Crippen molar-refractivity contribution in [2.75, 3.05) is 19.6 Å². The van der Waals surface area contributed by atoms with Crippen molar-refractivity contribution in [1.82, 2.24) is 4.90 Å². The van der Waals surface area contributed by atoms with E-state index < -0.39 is 0 Å². The zero-order valence-electron chi connectivity index (χ0n) is 9.86. The van der Waals surface area contributed by atoms with E-state index in [2.05, 4.69) is 11.8 Å². The van der Waals surface area contributed by atoms with Crippen LogP contribution in [-0.4, -0.2) is 30.3 Å². The van der Waals surface area contributed by atoms with Crippen molar-refractivity contribution in [3.63, 3.8) is 0 Å². The van der Waals surface area contributed by atoms with Gasteiger partial charge in [0.15, 0.2) is 5.78 Å². The molecule has 2 rings (SSSR count). The topological polar surface area (TPSA) is 20.3 Å². The number of piperidine rings is 1. The third kappa shape index (κ3) is 2.50. The third-order valence-corrected chi connectivity index (χ3v) is 3.38. The molecule has 2 nitrogen and oxygen atoms in total. The summed E-state index contributed by atoms with van der Waals surface area (Å²) in [4.78, 5) is 14.6. The van der Waals surface area contributed by atoms with Crippen LogP contribution in [0.1, 0.15) is 30.1 Å². The number of carbonyl (C=O) groups is 1. The Bertz CT molecular complexity index is 347. The van der Waals surface area contributed by atoms with Gasteiger partial charge in [-0.3, -0.25) is 4.79 Å². The Hall–Kier alpha value is -1.15. The fraction of sp³-hybridized carbons (Fsp3) is 0.500. The highest BCUT2D eigenvalue weighted by molar-refractivity contribution is 5.98. The average molecular weight is 217 g/mol. The molecule has 0 N–H and O–H groups in total. The lowest BCUT2D eigenvalue weighted by molar-refractivity contribution is 0.0826. The molecule has 16 heavy (non-hydrogen) atoms. The Balaban J connectivity index is 2.05. The minimum absolute atomic E-state index is 0.205. The van der Waals surface area contributed by atoms with Crippen molar-refractivity contribution >= 4 is 5.78 Å². The van der Waals surface area contributed by atoms with Gasteiger partial charge in [0.05, 0.1) is 0 Å². The highest BCUT2D eigenvalue weighted by Gasteiger charge is 2.25. The number of hydrogen-bond acceptors (Lipinski definition) is 2. The van der Waals surface area contributed by atoms with E-state index >= 15 is 0 Å². The second kappa shape index (κ2) is 5.26. The second-order valence-electron chi connectivity index (χ2n) is 4.46. The molecule has 1 aliphatic rings. The SMILES string of the molecule is CCN1CCCC(C(=O)c2ccccc2)C1. The van der Waals surface area contributed by atoms with Crippen LogP contribution < -0.4 is 0 Å². The number of hydrogen-bond donors (Lipinski definition) is 0. The van der Waals surface area contributed by atoms with E-state index in [0.29, 0.717) is 5.78 Å². The van der Waals surface area contributed by atoms with Crippen LogP contribution in [0.3, 0.4) is 0 Å². The second-order valence-corrected chi connectivity index (χ2v) is 4.46. The Morgan fingerprint density at radius 2 is 2.12 bits per heavy atom. The van der Waals surface area contributed by atoms with Gasteiger partial charge in [0.2, 0.25) is 0 Å². The van der Waals surface area contributed by atoms with Gasteiger partial charge in [-0.15, -0.1) is 0 Å². The fourth-order valence-electron chi connectivity index (χ4n) is 2.39. The van der Waals surface area contributed by atoms with Crippen LogP contribution in [0.15, 0.2) is 30.3 Å². The summed E-state index contributed by atoms with van der Waals surface area (Å²) in [7, 11) is 0. The molecular weight excluding hydrogens is 198 g/mol. The highest BCUT2D eigenvalue weighted by atomic mass is 16.1. The zero-order valence-corrected chi connectivity index (χ0v) is 9.86. The number of ketones is 1. The summed E-state index contributed by atoms with van der Waals surface area (Å²) in [6.45, 7) is 5.30. The van der Waals surface area contributed by atoms with E-state index in [1.807, 2.05) is 30.3 Å². The maximum atomic E-state index is 12.2. The predicted octanol–water partition coefficient (Wildman–Crippen LogP) is 2.60. The van der Waals surface area contributed by atoms with Crippen LogP contribution in [0.2, 0.25) is 0 Å². The number of Topliss-reactive ketones (excluding diaryl/α,β-unsaturated/α-hetero) is 1. The van der Waals surface area contributed by atoms with Crippen LogP contribution >= 0.6 is 0 Å². The molecule has 1 saturated heterocycles. The molecule has 0 aromatic heterocycles. The average Bonchev–Trinajstić information content (AvgIpc) is 2.39. The Kier molecular flexibility index (Phi) is 3.73. The normalized spacial score (nSPS) is 21.9. The van der Waals surface area contributed by atoms with Crippen molar-refractivity contribution < 1.29 is 4.79 Å². The number of carbonyl (C=O) groups excluding carboxylic acids is 1. The van der Waals surface area contributed by atoms with Crippen molar-refractivity contribution in [1.29, 1.82) is 0 Å². The quantitative estimate of drug-likeness (QED) is 0.725. The molecule has 0 aliphatic carbocycles. The Morgan fingerprint density at radius 1 is 1.38 bits per heavy atom. The van der Waals surface area contributed by atoms with Gasteiger partial charge < -0.3 is 4.90 Å². The number of nitrogens with zero attached hydrogens (tertiary/aromatic N) is 1. The van der Waals surface area contributed by atoms with Crippen LogP contribution in [0.5, 0.6) is 0 Å². The van der Waals surface area contributed by atoms with E-state index in [1.165, 1.54) is 0 Å². The number of rotatable bonds is 3. The minimum Gasteiger partial charge on any atom is -0.303 e. The van der Waals surface area contributed by atoms with Crippen LogP contribution in [0.25, 0.3) is 0 Å². The molecule has 1 atom stereocenters. The van der Waals surface area contributed by atoms with Crippen molar-refractivity contribution in [2.24, 2.45) is 5.92 Å². The fourth-order valence-corrected chi connectivity index (χ4v) is 2.39. The van der Waals surface area contributed by atoms with E-state index in [9.17, 15) is 4.79 Å². The van der Waals surface area contributed by atoms with Gasteiger partial charge in [0.1, 0.15) is 0 Å². The first-order valence-electron chi connectivity index (χ1n) is 6.13. The summed E-state index contributed by atoms with van der Waals surface area (Å²) < 4.78 is 0. The highest BCUT2D eigenvalue weighted by Crippen LogP contribution is 2.20. The van der Waals surface area contributed by atoms with E-state index in [4.69, 9.17) is 0 Å². The van der Waals surface area contributed by atoms with E-state index in [0.717, 1.165) is 38.0 Å². The first-order valence-corrected chi connectivity index (χ1v) is 6.13. The van der Waals surface area contributed by atoms with Gasteiger partial charge in [-0.2, -0.15) is 0 Å². The molecule has 1 aliphatic heterocycles. The summed E-state index contributed by atoms with van der Waals surface area (Å²) in [5, 5.41) is 0. The third-order valence-electron chi connectivity index (χ3n) is 3.38. The predicted molar refractivity (Wildman–Crippen MR) is 65.6 cm³/mol. The Morgan fingerprint density at radius 3 is 2.81 bits per heavy atom. The summed E-state index contributed by atoms with van der Waals surface area (Å²) in [5.74, 6) is 0.523. The summed E-state index contributed by atoms with van der Waals surface area (Å²) in [6, 6.07) is 9.68. The van der Waals surface area contributed by atoms with Crippen molar-refractivity contribution in [2.45, 2.75) is 19.8 Å². The number of benzene rings is 1. The minimum atomic E-state index is 0.205. The maximum Gasteiger partial charge on any atom is 0.167 e. The Labute approximate surface area is 97.3 Å². The lowest BCUT2D eigenvalue weighted by atomic mass is 9.90. The summed E-state index contributed by atoms with van der Waals surface area (Å²) >= 11 is 0. The number of likely N-dealkylation sites (tertiary alicyclic amines) is 1. The van der Waals surface area contributed by atoms with Crippen molar-refractivity contribution in [3.05, 3.63) is 35.9 Å². The molecule has 0 spiro atoms. The van der Waals surface area contributed by atoms with Crippen molar-refractivity contribution in [3.8, 4) is 0 Å². The monoisotopic (exact) mass is 217 g/mol. The van der Waals surface area contributed by atoms with Gasteiger partial charge in [-0.25, -0.2) is 0 Å². The molecule has 1 aromatic carbocycles. The first kappa shape index (κ1) is 11.3. The molecule has 86 valence electrons. The van der Waals surface area contributed by atoms with E-state index in [-0.39, 0.29) is 5.92 Å². The van der Waals surface area contributed by atoms with Crippen LogP contribution in [-0.2, 0) is 0 Å².